The minimum Gasteiger partial charge on any atom is -0.384 e. The van der Waals surface area contributed by atoms with Crippen molar-refractivity contribution in [2.45, 2.75) is 12.6 Å². The van der Waals surface area contributed by atoms with Crippen molar-refractivity contribution in [2.24, 2.45) is 0 Å². The average molecular weight is 327 g/mol. The number of hydrogen-bond acceptors (Lipinski definition) is 4. The molecule has 1 fully saturated rings. The summed E-state index contributed by atoms with van der Waals surface area (Å²) in [6.07, 6.45) is -4.33. The largest absolute Gasteiger partial charge is 0.417 e. The Morgan fingerprint density at radius 2 is 2.04 bits per heavy atom. The van der Waals surface area contributed by atoms with Crippen LogP contribution in [0.4, 0.5) is 18.9 Å². The van der Waals surface area contributed by atoms with Gasteiger partial charge in [0.2, 0.25) is 5.91 Å². The molecule has 8 heteroatoms. The molecule has 1 aromatic carbocycles. The Labute approximate surface area is 131 Å². The fourth-order valence-electron chi connectivity index (χ4n) is 2.28. The monoisotopic (exact) mass is 327 g/mol. The normalized spacial score (nSPS) is 15.1. The molecule has 1 aliphatic heterocycles. The summed E-state index contributed by atoms with van der Waals surface area (Å²) in [5.41, 5.74) is -1.03. The van der Waals surface area contributed by atoms with Crippen LogP contribution >= 0.6 is 0 Å². The summed E-state index contributed by atoms with van der Waals surface area (Å²) in [5, 5.41) is 11.7. The van der Waals surface area contributed by atoms with Crippen LogP contribution in [0.2, 0.25) is 0 Å². The Kier molecular flexibility index (Phi) is 5.45. The molecule has 0 saturated carbocycles. The third-order valence-electron chi connectivity index (χ3n) is 3.48. The first-order valence-corrected chi connectivity index (χ1v) is 7.12. The van der Waals surface area contributed by atoms with Crippen molar-refractivity contribution in [3.05, 3.63) is 29.3 Å². The number of alkyl halides is 3. The summed E-state index contributed by atoms with van der Waals surface area (Å²) in [6.45, 7) is 2.43. The first kappa shape index (κ1) is 17.1. The zero-order chi connectivity index (χ0) is 16.9. The number of hydrogen-bond donors (Lipinski definition) is 1. The maximum Gasteiger partial charge on any atom is 0.417 e. The van der Waals surface area contributed by atoms with Crippen LogP contribution in [0, 0.1) is 11.3 Å². The van der Waals surface area contributed by atoms with E-state index < -0.39 is 17.3 Å². The van der Waals surface area contributed by atoms with Crippen LogP contribution in [0.1, 0.15) is 17.5 Å². The van der Waals surface area contributed by atoms with Gasteiger partial charge in [-0.05, 0) is 18.2 Å². The number of anilines is 1. The van der Waals surface area contributed by atoms with E-state index in [0.29, 0.717) is 32.0 Å². The molecular weight excluding hydrogens is 311 g/mol. The summed E-state index contributed by atoms with van der Waals surface area (Å²) >= 11 is 0. The fraction of sp³-hybridized carbons (Fsp3) is 0.467. The zero-order valence-corrected chi connectivity index (χ0v) is 12.3. The highest BCUT2D eigenvalue weighted by Crippen LogP contribution is 2.32. The first-order valence-electron chi connectivity index (χ1n) is 7.12. The summed E-state index contributed by atoms with van der Waals surface area (Å²) < 4.78 is 43.3. The molecule has 0 aromatic heterocycles. The molecule has 1 saturated heterocycles. The number of morpholine rings is 1. The van der Waals surface area contributed by atoms with E-state index in [2.05, 4.69) is 5.32 Å². The van der Waals surface area contributed by atoms with Crippen molar-refractivity contribution in [2.75, 3.05) is 38.2 Å². The lowest BCUT2D eigenvalue weighted by atomic mass is 10.1. The molecule has 2 rings (SSSR count). The van der Waals surface area contributed by atoms with Crippen LogP contribution in [0.15, 0.2) is 18.2 Å². The third kappa shape index (κ3) is 4.60. The van der Waals surface area contributed by atoms with Gasteiger partial charge in [0, 0.05) is 31.7 Å². The van der Waals surface area contributed by atoms with Gasteiger partial charge in [-0.25, -0.2) is 0 Å². The highest BCUT2D eigenvalue weighted by Gasteiger charge is 2.33. The quantitative estimate of drug-likeness (QED) is 0.921. The lowest BCUT2D eigenvalue weighted by molar-refractivity contribution is -0.137. The van der Waals surface area contributed by atoms with Gasteiger partial charge in [0.1, 0.15) is 0 Å². The van der Waals surface area contributed by atoms with Crippen molar-refractivity contribution >= 4 is 11.6 Å². The number of carbonyl (C=O) groups is 1. The van der Waals surface area contributed by atoms with E-state index in [1.54, 1.807) is 11.0 Å². The molecule has 0 bridgehead atoms. The van der Waals surface area contributed by atoms with Gasteiger partial charge in [-0.3, -0.25) is 4.79 Å². The second-order valence-corrected chi connectivity index (χ2v) is 5.04. The van der Waals surface area contributed by atoms with E-state index >= 15 is 0 Å². The molecule has 124 valence electrons. The second-order valence-electron chi connectivity index (χ2n) is 5.04. The third-order valence-corrected chi connectivity index (χ3v) is 3.48. The maximum atomic E-state index is 12.7. The smallest absolute Gasteiger partial charge is 0.384 e. The molecular formula is C15H16F3N3O2. The number of amides is 1. The Morgan fingerprint density at radius 1 is 1.35 bits per heavy atom. The predicted octanol–water partition coefficient (Wildman–Crippen LogP) is 2.24. The van der Waals surface area contributed by atoms with E-state index in [1.807, 2.05) is 0 Å². The predicted molar refractivity (Wildman–Crippen MR) is 76.7 cm³/mol. The molecule has 1 aromatic rings. The SMILES string of the molecule is N#Cc1cc(NCCC(=O)N2CCOCC2)ccc1C(F)(F)F. The van der Waals surface area contributed by atoms with Gasteiger partial charge in [-0.2, -0.15) is 18.4 Å². The molecule has 1 N–H and O–H groups in total. The van der Waals surface area contributed by atoms with Gasteiger partial charge >= 0.3 is 6.18 Å². The topological polar surface area (TPSA) is 65.4 Å². The number of ether oxygens (including phenoxy) is 1. The van der Waals surface area contributed by atoms with Gasteiger partial charge in [-0.15, -0.1) is 0 Å². The van der Waals surface area contributed by atoms with Crippen molar-refractivity contribution in [1.29, 1.82) is 5.26 Å². The van der Waals surface area contributed by atoms with E-state index in [9.17, 15) is 18.0 Å². The maximum absolute atomic E-state index is 12.7. The summed E-state index contributed by atoms with van der Waals surface area (Å²) in [7, 11) is 0. The van der Waals surface area contributed by atoms with E-state index in [-0.39, 0.29) is 18.9 Å². The zero-order valence-electron chi connectivity index (χ0n) is 12.3. The lowest BCUT2D eigenvalue weighted by Gasteiger charge is -2.26. The van der Waals surface area contributed by atoms with Gasteiger partial charge in [0.15, 0.2) is 0 Å². The number of nitriles is 1. The number of nitrogens with zero attached hydrogens (tertiary/aromatic N) is 2. The standard InChI is InChI=1S/C15H16F3N3O2/c16-15(17,18)13-2-1-12(9-11(13)10-19)20-4-3-14(22)21-5-7-23-8-6-21/h1-2,9,20H,3-8H2. The van der Waals surface area contributed by atoms with E-state index in [0.717, 1.165) is 12.1 Å². The summed E-state index contributed by atoms with van der Waals surface area (Å²) in [4.78, 5) is 13.6. The Hall–Kier alpha value is -2.27. The Balaban J connectivity index is 1.91. The lowest BCUT2D eigenvalue weighted by Crippen LogP contribution is -2.41. The number of nitrogens with one attached hydrogen (secondary N) is 1. The number of benzene rings is 1. The molecule has 1 amide bonds. The van der Waals surface area contributed by atoms with Crippen molar-refractivity contribution in [1.82, 2.24) is 4.90 Å². The van der Waals surface area contributed by atoms with Crippen molar-refractivity contribution < 1.29 is 22.7 Å². The van der Waals surface area contributed by atoms with Crippen molar-refractivity contribution in [3.8, 4) is 6.07 Å². The van der Waals surface area contributed by atoms with Gasteiger partial charge in [0.25, 0.3) is 0 Å². The molecule has 1 aliphatic rings. The van der Waals surface area contributed by atoms with Crippen LogP contribution in [0.5, 0.6) is 0 Å². The number of halogens is 3. The minimum atomic E-state index is -4.56. The van der Waals surface area contributed by atoms with Crippen molar-refractivity contribution in [3.63, 3.8) is 0 Å². The first-order chi connectivity index (χ1) is 10.9. The Bertz CT molecular complexity index is 605. The molecule has 23 heavy (non-hydrogen) atoms. The summed E-state index contributed by atoms with van der Waals surface area (Å²) in [5.74, 6) is -0.0341. The molecule has 0 spiro atoms. The molecule has 0 radical (unpaired) electrons. The van der Waals surface area contributed by atoms with Gasteiger partial charge < -0.3 is 15.0 Å². The average Bonchev–Trinajstić information content (AvgIpc) is 2.54. The number of rotatable bonds is 4. The van der Waals surface area contributed by atoms with Gasteiger partial charge in [0.05, 0.1) is 30.4 Å². The fourth-order valence-corrected chi connectivity index (χ4v) is 2.28. The molecule has 0 aliphatic carbocycles. The van der Waals surface area contributed by atoms with Crippen LogP contribution in [-0.2, 0) is 15.7 Å². The van der Waals surface area contributed by atoms with Gasteiger partial charge in [-0.1, -0.05) is 0 Å². The van der Waals surface area contributed by atoms with Crippen LogP contribution in [0.25, 0.3) is 0 Å². The number of carbonyl (C=O) groups excluding carboxylic acids is 1. The molecule has 0 atom stereocenters. The Morgan fingerprint density at radius 3 is 2.65 bits per heavy atom. The second kappa shape index (κ2) is 7.33. The van der Waals surface area contributed by atoms with E-state index in [4.69, 9.17) is 10.00 Å². The molecule has 1 heterocycles. The highest BCUT2D eigenvalue weighted by molar-refractivity contribution is 5.76. The van der Waals surface area contributed by atoms with E-state index in [1.165, 1.54) is 6.07 Å². The summed E-state index contributed by atoms with van der Waals surface area (Å²) in [6, 6.07) is 4.80. The van der Waals surface area contributed by atoms with Crippen LogP contribution < -0.4 is 5.32 Å². The molecule has 5 nitrogen and oxygen atoms in total. The minimum absolute atomic E-state index is 0.0341. The highest BCUT2D eigenvalue weighted by atomic mass is 19.4. The van der Waals surface area contributed by atoms with Crippen LogP contribution in [0.3, 0.4) is 0 Å². The molecule has 0 unspecified atom stereocenters. The van der Waals surface area contributed by atoms with Crippen LogP contribution in [-0.4, -0.2) is 43.7 Å².